The van der Waals surface area contributed by atoms with E-state index >= 15 is 0 Å². The molecule has 1 saturated carbocycles. The minimum Gasteiger partial charge on any atom is -0.390 e. The Morgan fingerprint density at radius 1 is 1.36 bits per heavy atom. The number of aromatic nitrogens is 1. The monoisotopic (exact) mass is 304 g/mol. The summed E-state index contributed by atoms with van der Waals surface area (Å²) in [6, 6.07) is 3.09. The van der Waals surface area contributed by atoms with Gasteiger partial charge in [-0.2, -0.15) is 0 Å². The van der Waals surface area contributed by atoms with Crippen molar-refractivity contribution in [2.24, 2.45) is 5.92 Å². The molecule has 1 aliphatic heterocycles. The lowest BCUT2D eigenvalue weighted by Gasteiger charge is -2.43. The van der Waals surface area contributed by atoms with Crippen LogP contribution >= 0.6 is 0 Å². The summed E-state index contributed by atoms with van der Waals surface area (Å²) in [6.45, 7) is 2.62. The van der Waals surface area contributed by atoms with Gasteiger partial charge in [-0.05, 0) is 38.7 Å². The van der Waals surface area contributed by atoms with Crippen LogP contribution in [-0.2, 0) is 0 Å². The number of H-pyrrole nitrogens is 1. The van der Waals surface area contributed by atoms with Gasteiger partial charge >= 0.3 is 0 Å². The van der Waals surface area contributed by atoms with Crippen LogP contribution in [0.25, 0.3) is 0 Å². The molecule has 5 nitrogen and oxygen atoms in total. The topological polar surface area (TPSA) is 73.4 Å². The molecule has 1 aromatic rings. The van der Waals surface area contributed by atoms with E-state index in [1.54, 1.807) is 6.07 Å². The molecule has 3 rings (SSSR count). The highest BCUT2D eigenvalue weighted by Gasteiger charge is 2.44. The number of aliphatic hydroxyl groups is 1. The molecule has 3 atom stereocenters. The number of pyridine rings is 1. The first-order chi connectivity index (χ1) is 10.5. The number of nitrogens with zero attached hydrogens (tertiary/aromatic N) is 1. The maximum absolute atomic E-state index is 12.8. The van der Waals surface area contributed by atoms with Gasteiger partial charge in [-0.15, -0.1) is 0 Å². The second-order valence-corrected chi connectivity index (χ2v) is 6.86. The molecule has 0 unspecified atom stereocenters. The van der Waals surface area contributed by atoms with Crippen molar-refractivity contribution in [2.75, 3.05) is 6.54 Å². The molecule has 22 heavy (non-hydrogen) atoms. The molecule has 2 N–H and O–H groups in total. The summed E-state index contributed by atoms with van der Waals surface area (Å²) in [4.78, 5) is 28.6. The molecule has 1 aliphatic carbocycles. The summed E-state index contributed by atoms with van der Waals surface area (Å²) in [6.07, 6.45) is 7.36. The van der Waals surface area contributed by atoms with Gasteiger partial charge in [0, 0.05) is 36.3 Å². The molecule has 2 heterocycles. The molecule has 0 spiro atoms. The predicted octanol–water partition coefficient (Wildman–Crippen LogP) is 1.92. The van der Waals surface area contributed by atoms with Gasteiger partial charge in [0.2, 0.25) is 5.56 Å². The number of likely N-dealkylation sites (tertiary alicyclic amines) is 1. The van der Waals surface area contributed by atoms with E-state index in [1.807, 2.05) is 11.8 Å². The van der Waals surface area contributed by atoms with Crippen LogP contribution in [0.3, 0.4) is 0 Å². The van der Waals surface area contributed by atoms with E-state index in [2.05, 4.69) is 4.98 Å². The fourth-order valence-electron chi connectivity index (χ4n) is 4.16. The third-order valence-corrected chi connectivity index (χ3v) is 5.29. The number of hydrogen-bond acceptors (Lipinski definition) is 3. The zero-order chi connectivity index (χ0) is 15.7. The Kier molecular flexibility index (Phi) is 4.08. The quantitative estimate of drug-likeness (QED) is 0.876. The van der Waals surface area contributed by atoms with Crippen molar-refractivity contribution in [1.82, 2.24) is 9.88 Å². The van der Waals surface area contributed by atoms with Gasteiger partial charge in [0.05, 0.1) is 5.60 Å². The van der Waals surface area contributed by atoms with Gasteiger partial charge in [-0.1, -0.05) is 12.8 Å². The first-order valence-corrected chi connectivity index (χ1v) is 8.21. The molecular weight excluding hydrogens is 280 g/mol. The fraction of sp³-hybridized carbons (Fsp3) is 0.647. The Hall–Kier alpha value is -1.62. The number of hydrogen-bond donors (Lipinski definition) is 2. The van der Waals surface area contributed by atoms with E-state index in [4.69, 9.17) is 0 Å². The van der Waals surface area contributed by atoms with E-state index in [9.17, 15) is 14.7 Å². The largest absolute Gasteiger partial charge is 0.390 e. The molecule has 0 aromatic carbocycles. The van der Waals surface area contributed by atoms with Gasteiger partial charge in [-0.3, -0.25) is 9.59 Å². The highest BCUT2D eigenvalue weighted by molar-refractivity contribution is 5.94. The van der Waals surface area contributed by atoms with E-state index < -0.39 is 5.60 Å². The Labute approximate surface area is 130 Å². The van der Waals surface area contributed by atoms with Gasteiger partial charge in [-0.25, -0.2) is 0 Å². The normalized spacial score (nSPS) is 32.2. The summed E-state index contributed by atoms with van der Waals surface area (Å²) in [5.41, 5.74) is -0.516. The molecule has 1 aromatic heterocycles. The van der Waals surface area contributed by atoms with E-state index in [1.165, 1.54) is 12.3 Å². The molecule has 1 saturated heterocycles. The molecule has 0 bridgehead atoms. The number of aromatic amines is 1. The Morgan fingerprint density at radius 2 is 2.18 bits per heavy atom. The van der Waals surface area contributed by atoms with Crippen molar-refractivity contribution in [3.63, 3.8) is 0 Å². The lowest BCUT2D eigenvalue weighted by Crippen LogP contribution is -2.50. The van der Waals surface area contributed by atoms with Crippen molar-refractivity contribution in [3.05, 3.63) is 34.2 Å². The number of rotatable bonds is 2. The Morgan fingerprint density at radius 3 is 2.91 bits per heavy atom. The van der Waals surface area contributed by atoms with Crippen molar-refractivity contribution in [3.8, 4) is 0 Å². The smallest absolute Gasteiger partial charge is 0.254 e. The second kappa shape index (κ2) is 5.88. The summed E-state index contributed by atoms with van der Waals surface area (Å²) < 4.78 is 0. The lowest BCUT2D eigenvalue weighted by atomic mass is 9.72. The third kappa shape index (κ3) is 2.82. The minimum atomic E-state index is -0.694. The molecule has 120 valence electrons. The predicted molar refractivity (Wildman–Crippen MR) is 83.7 cm³/mol. The van der Waals surface area contributed by atoms with Crippen molar-refractivity contribution in [1.29, 1.82) is 0 Å². The SMILES string of the molecule is C[C@]1(O)CCCC[C@@H]1[C@H]1CCCN1C(=O)c1cc[nH]c(=O)c1. The molecule has 2 aliphatic rings. The van der Waals surface area contributed by atoms with E-state index in [0.29, 0.717) is 12.1 Å². The lowest BCUT2D eigenvalue weighted by molar-refractivity contribution is -0.0577. The zero-order valence-electron chi connectivity index (χ0n) is 13.0. The second-order valence-electron chi connectivity index (χ2n) is 6.86. The summed E-state index contributed by atoms with van der Waals surface area (Å²) >= 11 is 0. The van der Waals surface area contributed by atoms with Crippen LogP contribution in [0.2, 0.25) is 0 Å². The van der Waals surface area contributed by atoms with Crippen molar-refractivity contribution < 1.29 is 9.90 Å². The minimum absolute atomic E-state index is 0.0853. The molecule has 1 amide bonds. The van der Waals surface area contributed by atoms with Crippen LogP contribution in [0.4, 0.5) is 0 Å². The first kappa shape index (κ1) is 15.3. The van der Waals surface area contributed by atoms with Crippen LogP contribution in [0.5, 0.6) is 0 Å². The molecule has 0 radical (unpaired) electrons. The molecule has 5 heteroatoms. The molecular formula is C17H24N2O3. The first-order valence-electron chi connectivity index (χ1n) is 8.21. The zero-order valence-corrected chi connectivity index (χ0v) is 13.0. The third-order valence-electron chi connectivity index (χ3n) is 5.29. The van der Waals surface area contributed by atoms with Crippen LogP contribution in [0.15, 0.2) is 23.1 Å². The van der Waals surface area contributed by atoms with Crippen LogP contribution in [0, 0.1) is 5.92 Å². The van der Waals surface area contributed by atoms with E-state index in [0.717, 1.165) is 38.5 Å². The van der Waals surface area contributed by atoms with Crippen LogP contribution in [-0.4, -0.2) is 39.1 Å². The number of amides is 1. The van der Waals surface area contributed by atoms with Gasteiger partial charge < -0.3 is 15.0 Å². The van der Waals surface area contributed by atoms with E-state index in [-0.39, 0.29) is 23.4 Å². The van der Waals surface area contributed by atoms with Crippen molar-refractivity contribution in [2.45, 2.75) is 57.1 Å². The average Bonchev–Trinajstić information content (AvgIpc) is 2.95. The average molecular weight is 304 g/mol. The van der Waals surface area contributed by atoms with Gasteiger partial charge in [0.25, 0.3) is 5.91 Å². The summed E-state index contributed by atoms with van der Waals surface area (Å²) in [5, 5.41) is 10.7. The summed E-state index contributed by atoms with van der Waals surface area (Å²) in [5.74, 6) is 0.0460. The maximum atomic E-state index is 12.8. The highest BCUT2D eigenvalue weighted by atomic mass is 16.3. The summed E-state index contributed by atoms with van der Waals surface area (Å²) in [7, 11) is 0. The number of nitrogens with one attached hydrogen (secondary N) is 1. The fourth-order valence-corrected chi connectivity index (χ4v) is 4.16. The van der Waals surface area contributed by atoms with Crippen molar-refractivity contribution >= 4 is 5.91 Å². The molecule has 2 fully saturated rings. The number of carbonyl (C=O) groups is 1. The highest BCUT2D eigenvalue weighted by Crippen LogP contribution is 2.40. The Bertz CT molecular complexity index is 608. The van der Waals surface area contributed by atoms with Crippen LogP contribution in [0.1, 0.15) is 55.8 Å². The number of carbonyl (C=O) groups excluding carboxylic acids is 1. The standard InChI is InChI=1S/C17H24N2O3/c1-17(22)8-3-2-5-13(17)14-6-4-10-19(14)16(21)12-7-9-18-15(20)11-12/h7,9,11,13-14,22H,2-6,8,10H2,1H3,(H,18,20)/t13-,14-,17+/m1/s1. The van der Waals surface area contributed by atoms with Gasteiger partial charge in [0.15, 0.2) is 0 Å². The maximum Gasteiger partial charge on any atom is 0.254 e. The Balaban J connectivity index is 1.84. The van der Waals surface area contributed by atoms with Gasteiger partial charge in [0.1, 0.15) is 0 Å². The van der Waals surface area contributed by atoms with Crippen LogP contribution < -0.4 is 5.56 Å².